The summed E-state index contributed by atoms with van der Waals surface area (Å²) in [6.45, 7) is 6.29. The number of nitrogens with one attached hydrogen (secondary N) is 1. The average molecular weight is 264 g/mol. The second-order valence-electron chi connectivity index (χ2n) is 4.53. The van der Waals surface area contributed by atoms with Crippen LogP contribution in [0, 0.1) is 0 Å². The van der Waals surface area contributed by atoms with E-state index in [0.717, 1.165) is 17.3 Å². The van der Waals surface area contributed by atoms with Crippen LogP contribution in [0.1, 0.15) is 27.2 Å². The fourth-order valence-electron chi connectivity index (χ4n) is 1.31. The maximum absolute atomic E-state index is 11.3. The molecule has 0 bridgehead atoms. The van der Waals surface area contributed by atoms with Crippen LogP contribution in [0.25, 0.3) is 0 Å². The van der Waals surface area contributed by atoms with Crippen molar-refractivity contribution in [3.05, 3.63) is 0 Å². The predicted molar refractivity (Wildman–Crippen MR) is 70.9 cm³/mol. The van der Waals surface area contributed by atoms with Crippen LogP contribution in [-0.2, 0) is 9.84 Å². The van der Waals surface area contributed by atoms with Crippen molar-refractivity contribution in [3.8, 4) is 0 Å². The minimum Gasteiger partial charge on any atom is -0.360 e. The molecule has 1 aliphatic heterocycles. The highest BCUT2D eigenvalue weighted by Gasteiger charge is 2.24. The van der Waals surface area contributed by atoms with Gasteiger partial charge in [-0.25, -0.2) is 8.42 Å². The lowest BCUT2D eigenvalue weighted by Crippen LogP contribution is -2.46. The van der Waals surface area contributed by atoms with Gasteiger partial charge in [0.05, 0.1) is 12.3 Å². The van der Waals surface area contributed by atoms with Crippen molar-refractivity contribution in [2.45, 2.75) is 32.7 Å². The molecule has 0 spiro atoms. The van der Waals surface area contributed by atoms with Crippen molar-refractivity contribution >= 4 is 26.8 Å². The second kappa shape index (κ2) is 5.40. The summed E-state index contributed by atoms with van der Waals surface area (Å²) in [5.41, 5.74) is 0.0771. The molecule has 0 aromatic heterocycles. The van der Waals surface area contributed by atoms with Gasteiger partial charge in [-0.3, -0.25) is 4.99 Å². The highest BCUT2D eigenvalue weighted by molar-refractivity contribution is 8.13. The molecule has 0 radical (unpaired) electrons. The first kappa shape index (κ1) is 13.8. The van der Waals surface area contributed by atoms with Gasteiger partial charge in [-0.15, -0.1) is 0 Å². The summed E-state index contributed by atoms with van der Waals surface area (Å²) < 4.78 is 22.5. The molecule has 0 aromatic carbocycles. The summed E-state index contributed by atoms with van der Waals surface area (Å²) in [7, 11) is -2.89. The van der Waals surface area contributed by atoms with E-state index in [1.807, 2.05) is 0 Å². The van der Waals surface area contributed by atoms with Crippen molar-refractivity contribution in [1.82, 2.24) is 5.32 Å². The zero-order valence-corrected chi connectivity index (χ0v) is 11.7. The van der Waals surface area contributed by atoms with Gasteiger partial charge in [0.1, 0.15) is 0 Å². The fraction of sp³-hybridized carbons (Fsp3) is 0.900. The van der Waals surface area contributed by atoms with Gasteiger partial charge in [-0.2, -0.15) is 0 Å². The molecule has 0 aliphatic carbocycles. The molecule has 1 N–H and O–H groups in total. The Kier molecular flexibility index (Phi) is 4.67. The number of nitrogens with zero attached hydrogens (tertiary/aromatic N) is 1. The smallest absolute Gasteiger partial charge is 0.156 e. The van der Waals surface area contributed by atoms with E-state index >= 15 is 0 Å². The van der Waals surface area contributed by atoms with Gasteiger partial charge in [0.2, 0.25) is 0 Å². The first-order valence-corrected chi connectivity index (χ1v) is 8.31. The van der Waals surface area contributed by atoms with E-state index < -0.39 is 9.84 Å². The molecule has 4 nitrogen and oxygen atoms in total. The SMILES string of the molecule is CCS(=O)(=O)CCN=C1NC(C)(C)CCS1. The lowest BCUT2D eigenvalue weighted by atomic mass is 10.0. The number of hydrogen-bond acceptors (Lipinski definition) is 4. The summed E-state index contributed by atoms with van der Waals surface area (Å²) in [6, 6.07) is 0. The van der Waals surface area contributed by atoms with Gasteiger partial charge in [-0.1, -0.05) is 18.7 Å². The number of amidine groups is 1. The lowest BCUT2D eigenvalue weighted by Gasteiger charge is -2.32. The summed E-state index contributed by atoms with van der Waals surface area (Å²) in [5, 5.41) is 4.19. The minimum atomic E-state index is -2.89. The molecule has 16 heavy (non-hydrogen) atoms. The third-order valence-corrected chi connectivity index (χ3v) is 5.11. The van der Waals surface area contributed by atoms with Gasteiger partial charge >= 0.3 is 0 Å². The highest BCUT2D eigenvalue weighted by Crippen LogP contribution is 2.21. The molecule has 0 aromatic rings. The molecule has 1 fully saturated rings. The topological polar surface area (TPSA) is 58.5 Å². The Morgan fingerprint density at radius 3 is 2.75 bits per heavy atom. The van der Waals surface area contributed by atoms with E-state index in [1.54, 1.807) is 18.7 Å². The molecule has 1 saturated heterocycles. The minimum absolute atomic E-state index is 0.0771. The second-order valence-corrected chi connectivity index (χ2v) is 8.09. The molecule has 1 aliphatic rings. The molecule has 0 atom stereocenters. The number of rotatable bonds is 4. The molecule has 0 amide bonds. The Morgan fingerprint density at radius 1 is 1.50 bits per heavy atom. The molecule has 6 heteroatoms. The maximum Gasteiger partial charge on any atom is 0.156 e. The fourth-order valence-corrected chi connectivity index (χ4v) is 3.30. The van der Waals surface area contributed by atoms with Crippen LogP contribution in [0.3, 0.4) is 0 Å². The Bertz CT molecular complexity index is 361. The Labute approximate surface area is 102 Å². The van der Waals surface area contributed by atoms with Crippen LogP contribution in [0.5, 0.6) is 0 Å². The van der Waals surface area contributed by atoms with Gasteiger partial charge in [0, 0.05) is 17.0 Å². The Hall–Kier alpha value is -0.230. The third kappa shape index (κ3) is 4.74. The zero-order valence-electron chi connectivity index (χ0n) is 10.1. The van der Waals surface area contributed by atoms with Crippen LogP contribution in [0.2, 0.25) is 0 Å². The van der Waals surface area contributed by atoms with Gasteiger partial charge in [-0.05, 0) is 20.3 Å². The Balaban J connectivity index is 2.46. The zero-order chi connectivity index (χ0) is 12.2. The largest absolute Gasteiger partial charge is 0.360 e. The van der Waals surface area contributed by atoms with Crippen molar-refractivity contribution in [3.63, 3.8) is 0 Å². The Morgan fingerprint density at radius 2 is 2.19 bits per heavy atom. The van der Waals surface area contributed by atoms with Crippen molar-refractivity contribution in [1.29, 1.82) is 0 Å². The first-order valence-electron chi connectivity index (χ1n) is 5.50. The number of hydrogen-bond donors (Lipinski definition) is 1. The molecule has 1 heterocycles. The molecule has 0 saturated carbocycles. The van der Waals surface area contributed by atoms with Crippen molar-refractivity contribution in [2.24, 2.45) is 4.99 Å². The number of thioether (sulfide) groups is 1. The van der Waals surface area contributed by atoms with Crippen LogP contribution in [0.4, 0.5) is 0 Å². The summed E-state index contributed by atoms with van der Waals surface area (Å²) in [5.74, 6) is 1.39. The normalized spacial score (nSPS) is 23.1. The summed E-state index contributed by atoms with van der Waals surface area (Å²) >= 11 is 1.67. The standard InChI is InChI=1S/C10H20N2O2S2/c1-4-16(13,14)8-6-11-9-12-10(2,3)5-7-15-9/h4-8H2,1-3H3,(H,11,12). The molecule has 0 unspecified atom stereocenters. The molecular formula is C10H20N2O2S2. The van der Waals surface area contributed by atoms with Crippen LogP contribution < -0.4 is 5.32 Å². The molecular weight excluding hydrogens is 244 g/mol. The van der Waals surface area contributed by atoms with Crippen LogP contribution in [-0.4, -0.2) is 42.9 Å². The van der Waals surface area contributed by atoms with Crippen molar-refractivity contribution < 1.29 is 8.42 Å². The van der Waals surface area contributed by atoms with Gasteiger partial charge in [0.15, 0.2) is 15.0 Å². The van der Waals surface area contributed by atoms with Gasteiger partial charge in [0.25, 0.3) is 0 Å². The van der Waals surface area contributed by atoms with E-state index in [1.165, 1.54) is 0 Å². The van der Waals surface area contributed by atoms with E-state index in [2.05, 4.69) is 24.2 Å². The highest BCUT2D eigenvalue weighted by atomic mass is 32.2. The molecule has 1 rings (SSSR count). The maximum atomic E-state index is 11.3. The van der Waals surface area contributed by atoms with E-state index in [4.69, 9.17) is 0 Å². The average Bonchev–Trinajstić information content (AvgIpc) is 2.16. The third-order valence-electron chi connectivity index (χ3n) is 2.51. The van der Waals surface area contributed by atoms with Crippen LogP contribution >= 0.6 is 11.8 Å². The van der Waals surface area contributed by atoms with E-state index in [0.29, 0.717) is 6.54 Å². The summed E-state index contributed by atoms with van der Waals surface area (Å²) in [6.07, 6.45) is 1.10. The number of aliphatic imine (C=N–C) groups is 1. The summed E-state index contributed by atoms with van der Waals surface area (Å²) in [4.78, 5) is 4.30. The van der Waals surface area contributed by atoms with E-state index in [-0.39, 0.29) is 17.0 Å². The van der Waals surface area contributed by atoms with E-state index in [9.17, 15) is 8.42 Å². The molecule has 94 valence electrons. The first-order chi connectivity index (χ1) is 7.35. The number of sulfone groups is 1. The van der Waals surface area contributed by atoms with Crippen molar-refractivity contribution in [2.75, 3.05) is 23.8 Å². The van der Waals surface area contributed by atoms with Crippen LogP contribution in [0.15, 0.2) is 4.99 Å². The predicted octanol–water partition coefficient (Wildman–Crippen LogP) is 1.28. The van der Waals surface area contributed by atoms with Gasteiger partial charge < -0.3 is 5.32 Å². The monoisotopic (exact) mass is 264 g/mol. The lowest BCUT2D eigenvalue weighted by molar-refractivity contribution is 0.446. The quantitative estimate of drug-likeness (QED) is 0.831.